The average Bonchev–Trinajstić information content (AvgIpc) is 2.28. The number of rotatable bonds is 3. The minimum Gasteiger partial charge on any atom is -0.258 e. The fourth-order valence-electron chi connectivity index (χ4n) is 0.914. The van der Waals surface area contributed by atoms with Crippen LogP contribution in [-0.2, 0) is 0 Å². The molecule has 0 spiro atoms. The number of hydrogen-bond acceptors (Lipinski definition) is 3. The number of benzene rings is 1. The Kier molecular flexibility index (Phi) is 5.21. The smallest absolute Gasteiger partial charge is 0.258 e. The molecule has 0 radical (unpaired) electrons. The van der Waals surface area contributed by atoms with Gasteiger partial charge in [0.15, 0.2) is 5.16 Å². The Labute approximate surface area is 117 Å². The van der Waals surface area contributed by atoms with Crippen LogP contribution < -0.4 is 0 Å². The van der Waals surface area contributed by atoms with Gasteiger partial charge >= 0.3 is 0 Å². The molecule has 90 valence electrons. The highest BCUT2D eigenvalue weighted by molar-refractivity contribution is 6.70. The highest BCUT2D eigenvalue weighted by atomic mass is 35.5. The summed E-state index contributed by atoms with van der Waals surface area (Å²) in [5, 5.41) is 10.3. The van der Waals surface area contributed by atoms with E-state index in [-0.39, 0.29) is 20.5 Å². The maximum Gasteiger partial charge on any atom is 0.269 e. The number of aliphatic imine (C=N–C) groups is 1. The van der Waals surface area contributed by atoms with Gasteiger partial charge in [-0.15, -0.1) is 0 Å². The first-order valence-corrected chi connectivity index (χ1v) is 5.63. The standard InChI is InChI=1S/C9H4Cl4N2O2/c10-7(11)9(13)14-8(12)5-1-3-6(4-2-5)15(16)17/h1-4H/b14-8-. The summed E-state index contributed by atoms with van der Waals surface area (Å²) in [6.07, 6.45) is 0. The van der Waals surface area contributed by atoms with Gasteiger partial charge in [0.1, 0.15) is 9.66 Å². The minimum absolute atomic E-state index is 0.0312. The molecule has 1 rings (SSSR count). The quantitative estimate of drug-likeness (QED) is 0.359. The lowest BCUT2D eigenvalue weighted by atomic mass is 10.2. The number of hydrogen-bond donors (Lipinski definition) is 0. The summed E-state index contributed by atoms with van der Waals surface area (Å²) in [5.74, 6) is 0. The molecule has 0 N–H and O–H groups in total. The van der Waals surface area contributed by atoms with Crippen LogP contribution in [0.4, 0.5) is 5.69 Å². The highest BCUT2D eigenvalue weighted by Crippen LogP contribution is 2.21. The van der Waals surface area contributed by atoms with Crippen molar-refractivity contribution in [3.05, 3.63) is 49.6 Å². The third-order valence-corrected chi connectivity index (χ3v) is 2.80. The first-order valence-electron chi connectivity index (χ1n) is 4.11. The van der Waals surface area contributed by atoms with Crippen LogP contribution in [0.25, 0.3) is 0 Å². The van der Waals surface area contributed by atoms with Gasteiger partial charge in [0.25, 0.3) is 5.69 Å². The molecule has 4 nitrogen and oxygen atoms in total. The molecule has 0 amide bonds. The second-order valence-corrected chi connectivity index (χ2v) is 4.42. The predicted octanol–water partition coefficient (Wildman–Crippen LogP) is 4.42. The molecule has 0 unspecified atom stereocenters. The van der Waals surface area contributed by atoms with Crippen LogP contribution in [0.5, 0.6) is 0 Å². The first kappa shape index (κ1) is 14.3. The lowest BCUT2D eigenvalue weighted by Crippen LogP contribution is -1.93. The Morgan fingerprint density at radius 3 is 2.06 bits per heavy atom. The maximum absolute atomic E-state index is 10.4. The van der Waals surface area contributed by atoms with E-state index >= 15 is 0 Å². The summed E-state index contributed by atoms with van der Waals surface area (Å²) < 4.78 is -0.216. The van der Waals surface area contributed by atoms with E-state index in [4.69, 9.17) is 46.4 Å². The molecule has 17 heavy (non-hydrogen) atoms. The van der Waals surface area contributed by atoms with Gasteiger partial charge in [0, 0.05) is 17.7 Å². The Morgan fingerprint density at radius 2 is 1.65 bits per heavy atom. The van der Waals surface area contributed by atoms with Crippen molar-refractivity contribution < 1.29 is 4.92 Å². The van der Waals surface area contributed by atoms with E-state index in [9.17, 15) is 10.1 Å². The zero-order valence-corrected chi connectivity index (χ0v) is 11.1. The molecule has 0 heterocycles. The molecular weight excluding hydrogens is 310 g/mol. The van der Waals surface area contributed by atoms with Crippen molar-refractivity contribution in [2.45, 2.75) is 0 Å². The second kappa shape index (κ2) is 6.21. The Morgan fingerprint density at radius 1 is 1.12 bits per heavy atom. The van der Waals surface area contributed by atoms with Crippen LogP contribution in [0, 0.1) is 10.1 Å². The number of halogens is 4. The number of nitrogens with zero attached hydrogens (tertiary/aromatic N) is 2. The summed E-state index contributed by atoms with van der Waals surface area (Å²) in [5.41, 5.74) is 0.417. The van der Waals surface area contributed by atoms with Crippen LogP contribution in [-0.4, -0.2) is 10.1 Å². The Balaban J connectivity index is 3.02. The minimum atomic E-state index is -0.517. The van der Waals surface area contributed by atoms with Gasteiger partial charge in [0.2, 0.25) is 0 Å². The van der Waals surface area contributed by atoms with Crippen molar-refractivity contribution in [2.24, 2.45) is 4.99 Å². The molecule has 1 aromatic rings. The highest BCUT2D eigenvalue weighted by Gasteiger charge is 2.07. The van der Waals surface area contributed by atoms with Gasteiger partial charge in [-0.1, -0.05) is 46.4 Å². The van der Waals surface area contributed by atoms with E-state index in [0.29, 0.717) is 5.56 Å². The van der Waals surface area contributed by atoms with Crippen LogP contribution in [0.2, 0.25) is 0 Å². The lowest BCUT2D eigenvalue weighted by Gasteiger charge is -1.98. The van der Waals surface area contributed by atoms with Gasteiger partial charge in [-0.2, -0.15) is 0 Å². The van der Waals surface area contributed by atoms with Crippen molar-refractivity contribution >= 4 is 57.3 Å². The molecule has 0 aliphatic carbocycles. The van der Waals surface area contributed by atoms with E-state index < -0.39 is 4.92 Å². The largest absolute Gasteiger partial charge is 0.269 e. The van der Waals surface area contributed by atoms with E-state index in [1.165, 1.54) is 24.3 Å². The predicted molar refractivity (Wildman–Crippen MR) is 70.1 cm³/mol. The average molecular weight is 314 g/mol. The molecule has 1 aromatic carbocycles. The van der Waals surface area contributed by atoms with Gasteiger partial charge in [-0.05, 0) is 12.1 Å². The van der Waals surface area contributed by atoms with Gasteiger partial charge in [0.05, 0.1) is 4.92 Å². The van der Waals surface area contributed by atoms with Crippen LogP contribution in [0.1, 0.15) is 5.56 Å². The molecule has 0 fully saturated rings. The number of nitro benzene ring substituents is 1. The molecule has 0 saturated carbocycles. The third kappa shape index (κ3) is 4.16. The summed E-state index contributed by atoms with van der Waals surface area (Å²) in [6.45, 7) is 0. The van der Waals surface area contributed by atoms with Gasteiger partial charge in [-0.3, -0.25) is 10.1 Å². The van der Waals surface area contributed by atoms with E-state index in [1.807, 2.05) is 0 Å². The first-order chi connectivity index (χ1) is 7.91. The molecule has 0 aliphatic rings. The summed E-state index contributed by atoms with van der Waals surface area (Å²) >= 11 is 22.2. The van der Waals surface area contributed by atoms with E-state index in [2.05, 4.69) is 4.99 Å². The SMILES string of the molecule is O=[N+]([O-])c1ccc(/C(Cl)=N/C(Cl)=C(Cl)Cl)cc1. The second-order valence-electron chi connectivity index (χ2n) is 2.76. The maximum atomic E-state index is 10.4. The molecule has 0 aliphatic heterocycles. The normalized spacial score (nSPS) is 11.2. The number of non-ortho nitro benzene ring substituents is 1. The molecule has 0 saturated heterocycles. The fraction of sp³-hybridized carbons (Fsp3) is 0. The third-order valence-electron chi connectivity index (χ3n) is 1.67. The molecular formula is C9H4Cl4N2O2. The fourth-order valence-corrected chi connectivity index (χ4v) is 1.34. The van der Waals surface area contributed by atoms with Crippen molar-refractivity contribution in [1.29, 1.82) is 0 Å². The van der Waals surface area contributed by atoms with Crippen molar-refractivity contribution in [3.63, 3.8) is 0 Å². The van der Waals surface area contributed by atoms with Crippen LogP contribution in [0.3, 0.4) is 0 Å². The van der Waals surface area contributed by atoms with Crippen molar-refractivity contribution in [3.8, 4) is 0 Å². The molecule has 0 aromatic heterocycles. The summed E-state index contributed by atoms with van der Waals surface area (Å²) in [7, 11) is 0. The van der Waals surface area contributed by atoms with Gasteiger partial charge < -0.3 is 0 Å². The van der Waals surface area contributed by atoms with Crippen molar-refractivity contribution in [2.75, 3.05) is 0 Å². The monoisotopic (exact) mass is 312 g/mol. The topological polar surface area (TPSA) is 55.5 Å². The van der Waals surface area contributed by atoms with Gasteiger partial charge in [-0.25, -0.2) is 4.99 Å². The van der Waals surface area contributed by atoms with Crippen molar-refractivity contribution in [1.82, 2.24) is 0 Å². The Hall–Kier alpha value is -0.810. The summed E-state index contributed by atoms with van der Waals surface area (Å²) in [4.78, 5) is 13.6. The summed E-state index contributed by atoms with van der Waals surface area (Å²) in [6, 6.07) is 5.48. The number of nitro groups is 1. The van der Waals surface area contributed by atoms with E-state index in [0.717, 1.165) is 0 Å². The van der Waals surface area contributed by atoms with Crippen LogP contribution >= 0.6 is 46.4 Å². The molecule has 8 heteroatoms. The lowest BCUT2D eigenvalue weighted by molar-refractivity contribution is -0.384. The zero-order chi connectivity index (χ0) is 13.0. The zero-order valence-electron chi connectivity index (χ0n) is 8.03. The molecule has 0 bridgehead atoms. The Bertz CT molecular complexity index is 492. The van der Waals surface area contributed by atoms with Crippen LogP contribution in [0.15, 0.2) is 38.9 Å². The molecule has 0 atom stereocenters. The van der Waals surface area contributed by atoms with E-state index in [1.54, 1.807) is 0 Å².